The van der Waals surface area contributed by atoms with Gasteiger partial charge in [-0.1, -0.05) is 23.8 Å². The third-order valence-corrected chi connectivity index (χ3v) is 5.40. The zero-order valence-corrected chi connectivity index (χ0v) is 15.9. The summed E-state index contributed by atoms with van der Waals surface area (Å²) in [6, 6.07) is 14.2. The quantitative estimate of drug-likeness (QED) is 0.784. The first-order valence-corrected chi connectivity index (χ1v) is 10.3. The molecule has 0 spiro atoms. The van der Waals surface area contributed by atoms with E-state index >= 15 is 0 Å². The number of nitriles is 1. The number of nitrogens with zero attached hydrogens (tertiary/aromatic N) is 1. The molecule has 2 aromatic rings. The summed E-state index contributed by atoms with van der Waals surface area (Å²) < 4.78 is 35.3. The van der Waals surface area contributed by atoms with E-state index in [2.05, 4.69) is 17.5 Å². The minimum Gasteiger partial charge on any atom is -0.486 e. The number of aryl methyl sites for hydroxylation is 1. The van der Waals surface area contributed by atoms with Gasteiger partial charge in [-0.15, -0.1) is 0 Å². The van der Waals surface area contributed by atoms with Crippen molar-refractivity contribution < 1.29 is 17.7 Å². The van der Waals surface area contributed by atoms with Crippen LogP contribution in [0.25, 0.3) is 0 Å². The van der Waals surface area contributed by atoms with E-state index in [1.807, 2.05) is 19.1 Å². The molecule has 4 rings (SSSR count). The Labute approximate surface area is 159 Å². The molecule has 2 aliphatic rings. The summed E-state index contributed by atoms with van der Waals surface area (Å²) in [6.45, 7) is 3.61. The molecule has 27 heavy (non-hydrogen) atoms. The van der Waals surface area contributed by atoms with Crippen LogP contribution in [-0.2, 0) is 10.1 Å². The first-order valence-electron chi connectivity index (χ1n) is 8.82. The Kier molecular flexibility index (Phi) is 5.80. The van der Waals surface area contributed by atoms with Gasteiger partial charge in [-0.05, 0) is 55.5 Å². The molecular weight excluding hydrogens is 364 g/mol. The molecule has 2 N–H and O–H groups in total. The van der Waals surface area contributed by atoms with Crippen molar-refractivity contribution in [1.82, 2.24) is 5.32 Å². The normalized spacial score (nSPS) is 16.5. The van der Waals surface area contributed by atoms with Crippen molar-refractivity contribution in [2.45, 2.75) is 36.7 Å². The summed E-state index contributed by atoms with van der Waals surface area (Å²) in [7, 11) is -4.02. The number of ether oxygens (including phenoxy) is 1. The predicted octanol–water partition coefficient (Wildman–Crippen LogP) is 3.03. The van der Waals surface area contributed by atoms with Crippen LogP contribution < -0.4 is 10.1 Å². The van der Waals surface area contributed by atoms with Crippen LogP contribution in [0.2, 0.25) is 0 Å². The number of nitrogens with one attached hydrogen (secondary N) is 1. The highest BCUT2D eigenvalue weighted by Crippen LogP contribution is 2.41. The molecule has 1 heterocycles. The zero-order chi connectivity index (χ0) is 19.4. The minimum atomic E-state index is -4.02. The summed E-state index contributed by atoms with van der Waals surface area (Å²) in [5.41, 5.74) is 2.92. The smallest absolute Gasteiger partial charge is 0.294 e. The van der Waals surface area contributed by atoms with Crippen molar-refractivity contribution in [3.8, 4) is 11.8 Å². The molecule has 0 aromatic heterocycles. The van der Waals surface area contributed by atoms with Gasteiger partial charge in [0, 0.05) is 13.1 Å². The fraction of sp³-hybridized carbons (Fsp3) is 0.350. The lowest BCUT2D eigenvalue weighted by atomic mass is 10.1. The molecule has 0 bridgehead atoms. The maximum Gasteiger partial charge on any atom is 0.294 e. The average Bonchev–Trinajstić information content (AvgIpc) is 3.43. The highest BCUT2D eigenvalue weighted by atomic mass is 32.2. The summed E-state index contributed by atoms with van der Waals surface area (Å²) in [5.74, 6) is 1.42. The molecular formula is C20H22N2O4S. The summed E-state index contributed by atoms with van der Waals surface area (Å²) in [5, 5.41) is 12.3. The zero-order valence-electron chi connectivity index (χ0n) is 15.1. The average molecular weight is 386 g/mol. The molecule has 1 aliphatic heterocycles. The van der Waals surface area contributed by atoms with Gasteiger partial charge in [0.15, 0.2) is 0 Å². The molecule has 0 unspecified atom stereocenters. The third kappa shape index (κ3) is 5.30. The van der Waals surface area contributed by atoms with Crippen LogP contribution in [0.4, 0.5) is 0 Å². The summed E-state index contributed by atoms with van der Waals surface area (Å²) in [6.07, 6.45) is 2.76. The highest BCUT2D eigenvalue weighted by Gasteiger charge is 2.25. The lowest BCUT2D eigenvalue weighted by Crippen LogP contribution is -2.50. The molecule has 7 heteroatoms. The van der Waals surface area contributed by atoms with Crippen LogP contribution >= 0.6 is 0 Å². The van der Waals surface area contributed by atoms with E-state index in [-0.39, 0.29) is 11.0 Å². The highest BCUT2D eigenvalue weighted by molar-refractivity contribution is 7.85. The van der Waals surface area contributed by atoms with Gasteiger partial charge in [-0.3, -0.25) is 4.55 Å². The van der Waals surface area contributed by atoms with Crippen LogP contribution in [0.15, 0.2) is 47.4 Å². The summed E-state index contributed by atoms with van der Waals surface area (Å²) in [4.78, 5) is -0.0666. The lowest BCUT2D eigenvalue weighted by molar-refractivity contribution is 0.142. The van der Waals surface area contributed by atoms with E-state index in [0.717, 1.165) is 24.4 Å². The molecule has 142 valence electrons. The second-order valence-corrected chi connectivity index (χ2v) is 8.25. The van der Waals surface area contributed by atoms with Crippen LogP contribution in [0.1, 0.15) is 35.4 Å². The van der Waals surface area contributed by atoms with Crippen molar-refractivity contribution in [3.63, 3.8) is 0 Å². The van der Waals surface area contributed by atoms with Crippen molar-refractivity contribution in [2.75, 3.05) is 13.1 Å². The number of hydrogen-bond acceptors (Lipinski definition) is 5. The van der Waals surface area contributed by atoms with E-state index in [9.17, 15) is 8.42 Å². The predicted molar refractivity (Wildman–Crippen MR) is 101 cm³/mol. The Morgan fingerprint density at radius 2 is 1.81 bits per heavy atom. The van der Waals surface area contributed by atoms with Crippen molar-refractivity contribution in [3.05, 3.63) is 59.2 Å². The second-order valence-electron chi connectivity index (χ2n) is 6.83. The first kappa shape index (κ1) is 19.4. The standard InChI is InChI=1S/C13H14N2O.C7H8O3S/c14-6-11-5-10(9-1-2-9)3-4-13(11)16-12-7-15-8-12;1-6-2-4-7(5-3-6)11(8,9)10/h3-5,9,12,15H,1-2,7-8H2;2-5H,1H3,(H,8,9,10). The largest absolute Gasteiger partial charge is 0.486 e. The van der Waals surface area contributed by atoms with E-state index in [0.29, 0.717) is 11.5 Å². The topological polar surface area (TPSA) is 99.4 Å². The van der Waals surface area contributed by atoms with E-state index in [4.69, 9.17) is 14.6 Å². The van der Waals surface area contributed by atoms with Gasteiger partial charge >= 0.3 is 0 Å². The molecule has 1 saturated heterocycles. The summed E-state index contributed by atoms with van der Waals surface area (Å²) >= 11 is 0. The van der Waals surface area contributed by atoms with Gasteiger partial charge in [0.2, 0.25) is 0 Å². The second kappa shape index (κ2) is 8.09. The number of rotatable bonds is 4. The number of benzene rings is 2. The van der Waals surface area contributed by atoms with Gasteiger partial charge in [0.1, 0.15) is 17.9 Å². The van der Waals surface area contributed by atoms with Crippen LogP contribution in [0.5, 0.6) is 5.75 Å². The number of hydrogen-bond donors (Lipinski definition) is 2. The van der Waals surface area contributed by atoms with Crippen LogP contribution in [0.3, 0.4) is 0 Å². The van der Waals surface area contributed by atoms with Gasteiger partial charge in [-0.25, -0.2) is 0 Å². The van der Waals surface area contributed by atoms with E-state index in [1.165, 1.54) is 30.5 Å². The molecule has 0 amide bonds. The monoisotopic (exact) mass is 386 g/mol. The molecule has 1 saturated carbocycles. The lowest BCUT2D eigenvalue weighted by Gasteiger charge is -2.28. The van der Waals surface area contributed by atoms with Crippen molar-refractivity contribution in [1.29, 1.82) is 5.26 Å². The minimum absolute atomic E-state index is 0.0666. The molecule has 0 atom stereocenters. The molecule has 2 fully saturated rings. The van der Waals surface area contributed by atoms with Crippen molar-refractivity contribution in [2.24, 2.45) is 0 Å². The molecule has 1 aliphatic carbocycles. The third-order valence-electron chi connectivity index (χ3n) is 4.53. The maximum atomic E-state index is 10.5. The SMILES string of the molecule is Cc1ccc(S(=O)(=O)O)cc1.N#Cc1cc(C2CC2)ccc1OC1CNC1. The van der Waals surface area contributed by atoms with E-state index in [1.54, 1.807) is 12.1 Å². The van der Waals surface area contributed by atoms with Gasteiger partial charge in [-0.2, -0.15) is 13.7 Å². The van der Waals surface area contributed by atoms with E-state index < -0.39 is 10.1 Å². The maximum absolute atomic E-state index is 10.5. The molecule has 6 nitrogen and oxygen atoms in total. The van der Waals surface area contributed by atoms with Gasteiger partial charge < -0.3 is 10.1 Å². The Morgan fingerprint density at radius 1 is 1.15 bits per heavy atom. The Bertz CT molecular complexity index is 941. The van der Waals surface area contributed by atoms with Crippen LogP contribution in [-0.4, -0.2) is 32.2 Å². The Balaban J connectivity index is 0.000000168. The van der Waals surface area contributed by atoms with Gasteiger partial charge in [0.25, 0.3) is 10.1 Å². The Morgan fingerprint density at radius 3 is 2.30 bits per heavy atom. The fourth-order valence-corrected chi connectivity index (χ4v) is 3.12. The Hall–Kier alpha value is -2.40. The molecule has 0 radical (unpaired) electrons. The van der Waals surface area contributed by atoms with Crippen LogP contribution in [0, 0.1) is 18.3 Å². The van der Waals surface area contributed by atoms with Crippen molar-refractivity contribution >= 4 is 10.1 Å². The van der Waals surface area contributed by atoms with Gasteiger partial charge in [0.05, 0.1) is 10.5 Å². The fourth-order valence-electron chi connectivity index (χ4n) is 2.64. The molecule has 2 aromatic carbocycles. The first-order chi connectivity index (χ1) is 12.9.